The predicted octanol–water partition coefficient (Wildman–Crippen LogP) is 2.28. The van der Waals surface area contributed by atoms with Crippen LogP contribution in [0.5, 0.6) is 0 Å². The molecule has 0 atom stereocenters. The van der Waals surface area contributed by atoms with Gasteiger partial charge in [-0.2, -0.15) is 0 Å². The Morgan fingerprint density at radius 3 is 2.63 bits per heavy atom. The molecule has 0 aliphatic rings. The molecule has 0 saturated heterocycles. The summed E-state index contributed by atoms with van der Waals surface area (Å²) in [5.74, 6) is -0.355. The molecule has 0 bridgehead atoms. The molecule has 0 unspecified atom stereocenters. The summed E-state index contributed by atoms with van der Waals surface area (Å²) in [5, 5.41) is 1.46. The molecule has 4 heteroatoms. The third kappa shape index (κ3) is 2.38. The van der Waals surface area contributed by atoms with Crippen LogP contribution in [-0.2, 0) is 18.2 Å². The maximum absolute atomic E-state index is 12.1. The maximum Gasteiger partial charge on any atom is 0.338 e. The van der Waals surface area contributed by atoms with Crippen molar-refractivity contribution >= 4 is 16.7 Å². The molecule has 19 heavy (non-hydrogen) atoms. The number of carbonyl (C=O) groups is 1. The highest BCUT2D eigenvalue weighted by molar-refractivity contribution is 5.96. The Kier molecular flexibility index (Phi) is 3.69. The standard InChI is InChI=1S/C15H17NO3/c1-4-10-9-16(3)14(17)12-7-6-11(8-13(10)12)15(18)19-5-2/h6-9H,4-5H2,1-3H3. The fourth-order valence-electron chi connectivity index (χ4n) is 2.17. The number of rotatable bonds is 3. The van der Waals surface area contributed by atoms with E-state index < -0.39 is 0 Å². The summed E-state index contributed by atoms with van der Waals surface area (Å²) < 4.78 is 6.56. The van der Waals surface area contributed by atoms with E-state index in [0.717, 1.165) is 17.4 Å². The molecular formula is C15H17NO3. The molecule has 1 heterocycles. The molecule has 2 aromatic rings. The monoisotopic (exact) mass is 259 g/mol. The predicted molar refractivity (Wildman–Crippen MR) is 74.5 cm³/mol. The van der Waals surface area contributed by atoms with Crippen LogP contribution in [0.2, 0.25) is 0 Å². The molecule has 0 fully saturated rings. The zero-order chi connectivity index (χ0) is 14.0. The molecule has 4 nitrogen and oxygen atoms in total. The number of aryl methyl sites for hydroxylation is 2. The molecule has 1 aromatic carbocycles. The number of hydrogen-bond donors (Lipinski definition) is 0. The van der Waals surface area contributed by atoms with Crippen LogP contribution in [0, 0.1) is 0 Å². The second-order valence-electron chi connectivity index (χ2n) is 4.40. The smallest absolute Gasteiger partial charge is 0.338 e. The van der Waals surface area contributed by atoms with Gasteiger partial charge in [-0.3, -0.25) is 4.79 Å². The fraction of sp³-hybridized carbons (Fsp3) is 0.333. The van der Waals surface area contributed by atoms with Gasteiger partial charge >= 0.3 is 5.97 Å². The van der Waals surface area contributed by atoms with E-state index >= 15 is 0 Å². The van der Waals surface area contributed by atoms with Crippen LogP contribution in [-0.4, -0.2) is 17.1 Å². The van der Waals surface area contributed by atoms with E-state index in [1.807, 2.05) is 13.1 Å². The van der Waals surface area contributed by atoms with Gasteiger partial charge in [0.15, 0.2) is 0 Å². The highest BCUT2D eigenvalue weighted by Crippen LogP contribution is 2.18. The van der Waals surface area contributed by atoms with Gasteiger partial charge in [-0.15, -0.1) is 0 Å². The largest absolute Gasteiger partial charge is 0.462 e. The van der Waals surface area contributed by atoms with E-state index in [1.54, 1.807) is 36.7 Å². The Hall–Kier alpha value is -2.10. The van der Waals surface area contributed by atoms with Gasteiger partial charge in [0, 0.05) is 18.6 Å². The van der Waals surface area contributed by atoms with Crippen molar-refractivity contribution < 1.29 is 9.53 Å². The molecule has 2 rings (SSSR count). The number of pyridine rings is 1. The van der Waals surface area contributed by atoms with Crippen molar-refractivity contribution in [2.24, 2.45) is 7.05 Å². The van der Waals surface area contributed by atoms with Crippen molar-refractivity contribution in [2.75, 3.05) is 6.61 Å². The van der Waals surface area contributed by atoms with Gasteiger partial charge in [0.05, 0.1) is 12.2 Å². The number of fused-ring (bicyclic) bond motifs is 1. The summed E-state index contributed by atoms with van der Waals surface area (Å²) in [6.45, 7) is 4.14. The SMILES string of the molecule is CCOC(=O)c1ccc2c(=O)n(C)cc(CC)c2c1. The number of hydrogen-bond acceptors (Lipinski definition) is 3. The molecule has 100 valence electrons. The third-order valence-corrected chi connectivity index (χ3v) is 3.16. The Balaban J connectivity index is 2.68. The average Bonchev–Trinajstić information content (AvgIpc) is 2.42. The lowest BCUT2D eigenvalue weighted by atomic mass is 10.0. The Labute approximate surface area is 111 Å². The molecule has 0 amide bonds. The van der Waals surface area contributed by atoms with Gasteiger partial charge in [0.1, 0.15) is 0 Å². The van der Waals surface area contributed by atoms with Gasteiger partial charge in [-0.1, -0.05) is 6.92 Å². The van der Waals surface area contributed by atoms with Crippen molar-refractivity contribution in [3.63, 3.8) is 0 Å². The molecular weight excluding hydrogens is 242 g/mol. The lowest BCUT2D eigenvalue weighted by Gasteiger charge is -2.09. The summed E-state index contributed by atoms with van der Waals surface area (Å²) in [6, 6.07) is 5.08. The van der Waals surface area contributed by atoms with Crippen molar-refractivity contribution in [3.8, 4) is 0 Å². The number of esters is 1. The first-order valence-corrected chi connectivity index (χ1v) is 6.37. The van der Waals surface area contributed by atoms with Crippen LogP contribution in [0.15, 0.2) is 29.2 Å². The van der Waals surface area contributed by atoms with Crippen LogP contribution in [0.4, 0.5) is 0 Å². The van der Waals surface area contributed by atoms with E-state index in [4.69, 9.17) is 4.74 Å². The van der Waals surface area contributed by atoms with Crippen LogP contribution in [0.25, 0.3) is 10.8 Å². The van der Waals surface area contributed by atoms with Crippen molar-refractivity contribution in [2.45, 2.75) is 20.3 Å². The van der Waals surface area contributed by atoms with Gasteiger partial charge in [0.2, 0.25) is 0 Å². The lowest BCUT2D eigenvalue weighted by Crippen LogP contribution is -2.17. The topological polar surface area (TPSA) is 48.3 Å². The highest BCUT2D eigenvalue weighted by atomic mass is 16.5. The first-order valence-electron chi connectivity index (χ1n) is 6.37. The van der Waals surface area contributed by atoms with Crippen molar-refractivity contribution in [1.29, 1.82) is 0 Å². The number of ether oxygens (including phenoxy) is 1. The number of carbonyl (C=O) groups excluding carboxylic acids is 1. The van der Waals surface area contributed by atoms with Crippen LogP contribution in [0.3, 0.4) is 0 Å². The summed E-state index contributed by atoms with van der Waals surface area (Å²) in [6.07, 6.45) is 2.62. The second-order valence-corrected chi connectivity index (χ2v) is 4.40. The minimum Gasteiger partial charge on any atom is -0.462 e. The van der Waals surface area contributed by atoms with Gasteiger partial charge in [-0.05, 0) is 42.5 Å². The van der Waals surface area contributed by atoms with E-state index in [2.05, 4.69) is 0 Å². The third-order valence-electron chi connectivity index (χ3n) is 3.16. The quantitative estimate of drug-likeness (QED) is 0.794. The maximum atomic E-state index is 12.1. The molecule has 0 saturated carbocycles. The zero-order valence-electron chi connectivity index (χ0n) is 11.4. The molecule has 0 N–H and O–H groups in total. The molecule has 0 radical (unpaired) electrons. The minimum absolute atomic E-state index is 0.0531. The zero-order valence-corrected chi connectivity index (χ0v) is 11.4. The summed E-state index contributed by atoms with van der Waals surface area (Å²) in [5.41, 5.74) is 1.48. The van der Waals surface area contributed by atoms with Crippen molar-refractivity contribution in [1.82, 2.24) is 4.57 Å². The van der Waals surface area contributed by atoms with Crippen molar-refractivity contribution in [3.05, 3.63) is 45.9 Å². The van der Waals surface area contributed by atoms with Gasteiger partial charge in [0.25, 0.3) is 5.56 Å². The van der Waals surface area contributed by atoms with E-state index in [-0.39, 0.29) is 11.5 Å². The minimum atomic E-state index is -0.355. The summed E-state index contributed by atoms with van der Waals surface area (Å²) in [4.78, 5) is 23.8. The van der Waals surface area contributed by atoms with E-state index in [0.29, 0.717) is 17.6 Å². The van der Waals surface area contributed by atoms with Crippen LogP contribution >= 0.6 is 0 Å². The molecule has 1 aromatic heterocycles. The summed E-state index contributed by atoms with van der Waals surface area (Å²) in [7, 11) is 1.74. The van der Waals surface area contributed by atoms with Crippen LogP contribution < -0.4 is 5.56 Å². The average molecular weight is 259 g/mol. The molecule has 0 aliphatic carbocycles. The number of benzene rings is 1. The lowest BCUT2D eigenvalue weighted by molar-refractivity contribution is 0.0526. The Morgan fingerprint density at radius 2 is 2.00 bits per heavy atom. The Morgan fingerprint density at radius 1 is 1.26 bits per heavy atom. The van der Waals surface area contributed by atoms with Gasteiger partial charge < -0.3 is 9.30 Å². The first kappa shape index (κ1) is 13.3. The van der Waals surface area contributed by atoms with E-state index in [1.165, 1.54) is 0 Å². The first-order chi connectivity index (χ1) is 9.08. The second kappa shape index (κ2) is 5.26. The number of aromatic nitrogens is 1. The van der Waals surface area contributed by atoms with Crippen LogP contribution in [0.1, 0.15) is 29.8 Å². The summed E-state index contributed by atoms with van der Waals surface area (Å²) >= 11 is 0. The number of nitrogens with zero attached hydrogens (tertiary/aromatic N) is 1. The van der Waals surface area contributed by atoms with E-state index in [9.17, 15) is 9.59 Å². The Bertz CT molecular complexity index is 686. The molecule has 0 spiro atoms. The normalized spacial score (nSPS) is 10.7. The highest BCUT2D eigenvalue weighted by Gasteiger charge is 2.11. The van der Waals surface area contributed by atoms with Gasteiger partial charge in [-0.25, -0.2) is 4.79 Å². The molecule has 0 aliphatic heterocycles. The fourth-order valence-corrected chi connectivity index (χ4v) is 2.17.